The minimum atomic E-state index is -0.0683. The van der Waals surface area contributed by atoms with Gasteiger partial charge in [-0.05, 0) is 18.6 Å². The zero-order valence-corrected chi connectivity index (χ0v) is 11.3. The Balaban J connectivity index is 2.41. The van der Waals surface area contributed by atoms with E-state index in [-0.39, 0.29) is 10.7 Å². The smallest absolute Gasteiger partial charge is 0.236 e. The van der Waals surface area contributed by atoms with E-state index in [1.165, 1.54) is 0 Å². The van der Waals surface area contributed by atoms with Crippen molar-refractivity contribution >= 4 is 21.8 Å². The number of halogens is 1. The highest BCUT2D eigenvalue weighted by Gasteiger charge is 2.16. The monoisotopic (exact) mass is 284 g/mol. The first-order valence-corrected chi connectivity index (χ1v) is 6.35. The molecular weight excluding hydrogens is 268 g/mol. The van der Waals surface area contributed by atoms with Crippen molar-refractivity contribution in [1.29, 1.82) is 0 Å². The maximum atomic E-state index is 11.8. The number of hydrogen-bond donors (Lipinski definition) is 0. The maximum Gasteiger partial charge on any atom is 0.236 e. The summed E-state index contributed by atoms with van der Waals surface area (Å²) >= 11 is 3.36. The Kier molecular flexibility index (Phi) is 5.46. The molecule has 16 heavy (non-hydrogen) atoms. The number of nitrogens with zero attached hydrogens (tertiary/aromatic N) is 2. The van der Waals surface area contributed by atoms with Crippen molar-refractivity contribution in [2.24, 2.45) is 0 Å². The van der Waals surface area contributed by atoms with Gasteiger partial charge in [0.25, 0.3) is 0 Å². The van der Waals surface area contributed by atoms with Gasteiger partial charge in [-0.2, -0.15) is 0 Å². The van der Waals surface area contributed by atoms with Gasteiger partial charge in [0.15, 0.2) is 0 Å². The molecule has 0 fully saturated rings. The van der Waals surface area contributed by atoms with E-state index in [9.17, 15) is 4.79 Å². The van der Waals surface area contributed by atoms with E-state index < -0.39 is 0 Å². The number of likely N-dealkylation sites (N-methyl/N-ethyl adjacent to an activating group) is 1. The Morgan fingerprint density at radius 1 is 1.56 bits per heavy atom. The molecule has 0 bridgehead atoms. The fraction of sp³-hybridized carbons (Fsp3) is 0.500. The van der Waals surface area contributed by atoms with Crippen molar-refractivity contribution in [1.82, 2.24) is 9.88 Å². The van der Waals surface area contributed by atoms with Crippen LogP contribution < -0.4 is 0 Å². The van der Waals surface area contributed by atoms with E-state index in [0.717, 1.165) is 18.5 Å². The number of carbonyl (C=O) groups excluding carboxylic acids is 1. The molecule has 0 aliphatic heterocycles. The number of carbonyl (C=O) groups is 1. The quantitative estimate of drug-likeness (QED) is 0.777. The van der Waals surface area contributed by atoms with Crippen LogP contribution in [0.1, 0.15) is 19.0 Å². The molecule has 0 saturated carbocycles. The highest BCUT2D eigenvalue weighted by atomic mass is 79.9. The summed E-state index contributed by atoms with van der Waals surface area (Å²) in [5.74, 6) is 0.137. The molecule has 1 amide bonds. The van der Waals surface area contributed by atoms with Crippen molar-refractivity contribution in [2.75, 3.05) is 13.6 Å². The second-order valence-corrected chi connectivity index (χ2v) is 4.81. The van der Waals surface area contributed by atoms with Crippen molar-refractivity contribution in [3.8, 4) is 0 Å². The first kappa shape index (κ1) is 13.2. The summed E-state index contributed by atoms with van der Waals surface area (Å²) in [7, 11) is 1.83. The third-order valence-corrected chi connectivity index (χ3v) is 3.47. The number of pyridine rings is 1. The molecule has 0 unspecified atom stereocenters. The Hall–Kier alpha value is -0.900. The summed E-state index contributed by atoms with van der Waals surface area (Å²) < 4.78 is 0. The summed E-state index contributed by atoms with van der Waals surface area (Å²) in [6.07, 6.45) is 3.38. The molecule has 4 heteroatoms. The predicted octanol–water partition coefficient (Wildman–Crippen LogP) is 2.26. The standard InChI is InChI=1S/C12H17BrN2O/c1-3-11(13)12(16)15(2)9-7-10-6-4-5-8-14-10/h4-6,8,11H,3,7,9H2,1-2H3/t11-/m0/s1. The van der Waals surface area contributed by atoms with Crippen molar-refractivity contribution in [2.45, 2.75) is 24.6 Å². The Morgan fingerprint density at radius 3 is 2.88 bits per heavy atom. The molecule has 1 aromatic heterocycles. The highest BCUT2D eigenvalue weighted by molar-refractivity contribution is 9.10. The largest absolute Gasteiger partial charge is 0.344 e. The lowest BCUT2D eigenvalue weighted by Crippen LogP contribution is -2.34. The van der Waals surface area contributed by atoms with Gasteiger partial charge >= 0.3 is 0 Å². The molecule has 1 aromatic rings. The minimum absolute atomic E-state index is 0.0683. The molecule has 0 radical (unpaired) electrons. The number of hydrogen-bond acceptors (Lipinski definition) is 2. The van der Waals surface area contributed by atoms with Crippen LogP contribution in [-0.2, 0) is 11.2 Å². The van der Waals surface area contributed by atoms with E-state index in [1.807, 2.05) is 32.2 Å². The van der Waals surface area contributed by atoms with Crippen LogP contribution in [0.25, 0.3) is 0 Å². The van der Waals surface area contributed by atoms with E-state index in [4.69, 9.17) is 0 Å². The molecule has 0 aliphatic rings. The average molecular weight is 285 g/mol. The normalized spacial score (nSPS) is 12.2. The minimum Gasteiger partial charge on any atom is -0.344 e. The number of alkyl halides is 1. The fourth-order valence-corrected chi connectivity index (χ4v) is 1.70. The summed E-state index contributed by atoms with van der Waals surface area (Å²) in [4.78, 5) is 17.7. The van der Waals surface area contributed by atoms with Crippen LogP contribution >= 0.6 is 15.9 Å². The topological polar surface area (TPSA) is 33.2 Å². The molecule has 3 nitrogen and oxygen atoms in total. The van der Waals surface area contributed by atoms with E-state index in [2.05, 4.69) is 20.9 Å². The highest BCUT2D eigenvalue weighted by Crippen LogP contribution is 2.08. The van der Waals surface area contributed by atoms with Crippen LogP contribution in [0, 0.1) is 0 Å². The average Bonchev–Trinajstić information content (AvgIpc) is 2.35. The number of amides is 1. The second kappa shape index (κ2) is 6.63. The summed E-state index contributed by atoms with van der Waals surface area (Å²) in [6.45, 7) is 2.70. The summed E-state index contributed by atoms with van der Waals surface area (Å²) in [5, 5.41) is 0. The van der Waals surface area contributed by atoms with E-state index in [1.54, 1.807) is 11.1 Å². The lowest BCUT2D eigenvalue weighted by atomic mass is 10.2. The van der Waals surface area contributed by atoms with E-state index >= 15 is 0 Å². The molecular formula is C12H17BrN2O. The zero-order chi connectivity index (χ0) is 12.0. The van der Waals surface area contributed by atoms with Gasteiger partial charge in [0.05, 0.1) is 4.83 Å². The van der Waals surface area contributed by atoms with Crippen LogP contribution in [0.4, 0.5) is 0 Å². The van der Waals surface area contributed by atoms with Gasteiger partial charge in [0.2, 0.25) is 5.91 Å². The van der Waals surface area contributed by atoms with Gasteiger partial charge in [0, 0.05) is 31.9 Å². The molecule has 0 aromatic carbocycles. The van der Waals surface area contributed by atoms with Gasteiger partial charge < -0.3 is 4.90 Å². The molecule has 88 valence electrons. The van der Waals surface area contributed by atoms with Crippen molar-refractivity contribution in [3.05, 3.63) is 30.1 Å². The van der Waals surface area contributed by atoms with Crippen LogP contribution in [0.3, 0.4) is 0 Å². The maximum absolute atomic E-state index is 11.8. The summed E-state index contributed by atoms with van der Waals surface area (Å²) in [6, 6.07) is 5.83. The molecule has 0 saturated heterocycles. The zero-order valence-electron chi connectivity index (χ0n) is 9.69. The molecule has 1 atom stereocenters. The van der Waals surface area contributed by atoms with Crippen LogP contribution in [0.2, 0.25) is 0 Å². The van der Waals surface area contributed by atoms with Crippen molar-refractivity contribution < 1.29 is 4.79 Å². The van der Waals surface area contributed by atoms with Gasteiger partial charge in [0.1, 0.15) is 0 Å². The third-order valence-electron chi connectivity index (χ3n) is 2.43. The summed E-state index contributed by atoms with van der Waals surface area (Å²) in [5.41, 5.74) is 1.02. The van der Waals surface area contributed by atoms with Crippen LogP contribution in [0.5, 0.6) is 0 Å². The SMILES string of the molecule is CC[C@H](Br)C(=O)N(C)CCc1ccccn1. The second-order valence-electron chi connectivity index (χ2n) is 3.71. The molecule has 0 N–H and O–H groups in total. The molecule has 0 spiro atoms. The molecule has 1 rings (SSSR count). The van der Waals surface area contributed by atoms with Gasteiger partial charge in [-0.25, -0.2) is 0 Å². The first-order valence-electron chi connectivity index (χ1n) is 5.44. The molecule has 1 heterocycles. The number of rotatable bonds is 5. The van der Waals surface area contributed by atoms with Gasteiger partial charge in [-0.1, -0.05) is 28.9 Å². The lowest BCUT2D eigenvalue weighted by molar-refractivity contribution is -0.129. The van der Waals surface area contributed by atoms with Gasteiger partial charge in [-0.3, -0.25) is 9.78 Å². The fourth-order valence-electron chi connectivity index (χ4n) is 1.35. The van der Waals surface area contributed by atoms with E-state index in [0.29, 0.717) is 6.54 Å². The Morgan fingerprint density at radius 2 is 2.31 bits per heavy atom. The van der Waals surface area contributed by atoms with Crippen LogP contribution in [-0.4, -0.2) is 34.2 Å². The third kappa shape index (κ3) is 3.93. The van der Waals surface area contributed by atoms with Crippen LogP contribution in [0.15, 0.2) is 24.4 Å². The number of aromatic nitrogens is 1. The Labute approximate surface area is 105 Å². The molecule has 0 aliphatic carbocycles. The lowest BCUT2D eigenvalue weighted by Gasteiger charge is -2.19. The first-order chi connectivity index (χ1) is 7.65. The van der Waals surface area contributed by atoms with Crippen molar-refractivity contribution in [3.63, 3.8) is 0 Å². The van der Waals surface area contributed by atoms with Gasteiger partial charge in [-0.15, -0.1) is 0 Å². The Bertz CT molecular complexity index is 329. The predicted molar refractivity (Wildman–Crippen MR) is 68.6 cm³/mol.